The lowest BCUT2D eigenvalue weighted by Crippen LogP contribution is -2.45. The third-order valence-electron chi connectivity index (χ3n) is 3.91. The zero-order chi connectivity index (χ0) is 17.7. The Bertz CT molecular complexity index is 721. The van der Waals surface area contributed by atoms with Gasteiger partial charge in [-0.15, -0.1) is 0 Å². The molecule has 1 aliphatic rings. The van der Waals surface area contributed by atoms with Gasteiger partial charge in [0.15, 0.2) is 9.84 Å². The Hall–Kier alpha value is -1.41. The number of benzene rings is 1. The molecule has 1 heterocycles. The Morgan fingerprint density at radius 2 is 2.12 bits per heavy atom. The van der Waals surface area contributed by atoms with Gasteiger partial charge in [-0.05, 0) is 31.0 Å². The van der Waals surface area contributed by atoms with Crippen LogP contribution in [0.3, 0.4) is 0 Å². The number of sulfone groups is 1. The summed E-state index contributed by atoms with van der Waals surface area (Å²) in [4.78, 5) is 25.9. The first kappa shape index (κ1) is 18.9. The fraction of sp³-hybridized carbons (Fsp3) is 0.500. The number of nitrogens with one attached hydrogen (secondary N) is 1. The lowest BCUT2D eigenvalue weighted by molar-refractivity contribution is -0.135. The molecule has 0 saturated carbocycles. The Labute approximate surface area is 150 Å². The van der Waals surface area contributed by atoms with Gasteiger partial charge in [-0.1, -0.05) is 28.1 Å². The van der Waals surface area contributed by atoms with Gasteiger partial charge in [-0.3, -0.25) is 9.59 Å². The first-order valence-corrected chi connectivity index (χ1v) is 10.4. The first-order valence-electron chi connectivity index (χ1n) is 7.81. The molecule has 1 fully saturated rings. The van der Waals surface area contributed by atoms with E-state index in [-0.39, 0.29) is 42.3 Å². The van der Waals surface area contributed by atoms with Gasteiger partial charge >= 0.3 is 0 Å². The van der Waals surface area contributed by atoms with Gasteiger partial charge in [0.25, 0.3) is 0 Å². The van der Waals surface area contributed by atoms with E-state index in [1.54, 1.807) is 0 Å². The molecular formula is C16H21BrN2O4S. The quantitative estimate of drug-likeness (QED) is 0.753. The van der Waals surface area contributed by atoms with Crippen LogP contribution in [-0.4, -0.2) is 55.8 Å². The largest absolute Gasteiger partial charge is 0.351 e. The fourth-order valence-electron chi connectivity index (χ4n) is 2.67. The van der Waals surface area contributed by atoms with Crippen molar-refractivity contribution >= 4 is 37.6 Å². The summed E-state index contributed by atoms with van der Waals surface area (Å²) in [6, 6.07) is 7.13. The van der Waals surface area contributed by atoms with Crippen molar-refractivity contribution in [3.05, 3.63) is 34.3 Å². The van der Waals surface area contributed by atoms with Crippen LogP contribution in [0.15, 0.2) is 28.7 Å². The zero-order valence-electron chi connectivity index (χ0n) is 13.5. The highest BCUT2D eigenvalue weighted by atomic mass is 79.9. The van der Waals surface area contributed by atoms with Gasteiger partial charge < -0.3 is 10.2 Å². The monoisotopic (exact) mass is 416 g/mol. The van der Waals surface area contributed by atoms with E-state index in [0.717, 1.165) is 10.0 Å². The summed E-state index contributed by atoms with van der Waals surface area (Å²) in [6.07, 6.45) is 0.657. The highest BCUT2D eigenvalue weighted by molar-refractivity contribution is 9.10. The number of hydrogen-bond acceptors (Lipinski definition) is 4. The Kier molecular flexibility index (Phi) is 6.40. The summed E-state index contributed by atoms with van der Waals surface area (Å²) in [5.41, 5.74) is 0.870. The van der Waals surface area contributed by atoms with Crippen molar-refractivity contribution in [2.45, 2.75) is 25.8 Å². The summed E-state index contributed by atoms with van der Waals surface area (Å²) in [5, 5.41) is 2.71. The molecule has 2 amide bonds. The van der Waals surface area contributed by atoms with E-state index in [1.807, 2.05) is 31.2 Å². The second kappa shape index (κ2) is 8.11. The number of nitrogens with zero attached hydrogens (tertiary/aromatic N) is 1. The molecule has 0 aromatic heterocycles. The van der Waals surface area contributed by atoms with Gasteiger partial charge in [-0.2, -0.15) is 0 Å². The third kappa shape index (κ3) is 5.59. The van der Waals surface area contributed by atoms with Crippen molar-refractivity contribution in [1.29, 1.82) is 0 Å². The van der Waals surface area contributed by atoms with Gasteiger partial charge in [0, 0.05) is 17.1 Å². The predicted molar refractivity (Wildman–Crippen MR) is 95.3 cm³/mol. The lowest BCUT2D eigenvalue weighted by atomic mass is 10.1. The van der Waals surface area contributed by atoms with E-state index < -0.39 is 9.84 Å². The molecule has 1 atom stereocenters. The van der Waals surface area contributed by atoms with Crippen molar-refractivity contribution < 1.29 is 18.0 Å². The van der Waals surface area contributed by atoms with Crippen LogP contribution in [0, 0.1) is 0 Å². The molecule has 0 spiro atoms. The highest BCUT2D eigenvalue weighted by Crippen LogP contribution is 2.13. The second-order valence-electron chi connectivity index (χ2n) is 5.88. The van der Waals surface area contributed by atoms with Crippen molar-refractivity contribution in [3.63, 3.8) is 0 Å². The maximum atomic E-state index is 12.4. The van der Waals surface area contributed by atoms with Crippen molar-refractivity contribution in [2.24, 2.45) is 0 Å². The molecule has 1 aromatic rings. The van der Waals surface area contributed by atoms with E-state index in [4.69, 9.17) is 0 Å². The van der Waals surface area contributed by atoms with Crippen LogP contribution in [0.2, 0.25) is 0 Å². The third-order valence-corrected chi connectivity index (χ3v) is 6.17. The van der Waals surface area contributed by atoms with Gasteiger partial charge in [-0.25, -0.2) is 8.42 Å². The molecule has 1 aromatic carbocycles. The Balaban J connectivity index is 1.88. The van der Waals surface area contributed by atoms with E-state index in [9.17, 15) is 18.0 Å². The van der Waals surface area contributed by atoms with Crippen LogP contribution < -0.4 is 5.32 Å². The lowest BCUT2D eigenvalue weighted by Gasteiger charge is -2.21. The van der Waals surface area contributed by atoms with Crippen molar-refractivity contribution in [2.75, 3.05) is 24.6 Å². The molecule has 24 heavy (non-hydrogen) atoms. The van der Waals surface area contributed by atoms with Crippen LogP contribution in [0.4, 0.5) is 0 Å². The van der Waals surface area contributed by atoms with E-state index in [0.29, 0.717) is 13.0 Å². The summed E-state index contributed by atoms with van der Waals surface area (Å²) in [6.45, 7) is 2.18. The van der Waals surface area contributed by atoms with Crippen LogP contribution in [-0.2, 0) is 25.8 Å². The maximum absolute atomic E-state index is 12.4. The number of halogens is 1. The van der Waals surface area contributed by atoms with Crippen LogP contribution in [0.5, 0.6) is 0 Å². The molecule has 6 nitrogen and oxygen atoms in total. The molecule has 1 N–H and O–H groups in total. The minimum Gasteiger partial charge on any atom is -0.351 e. The molecule has 8 heteroatoms. The molecule has 1 unspecified atom stereocenters. The fourth-order valence-corrected chi connectivity index (χ4v) is 4.79. The topological polar surface area (TPSA) is 83.6 Å². The van der Waals surface area contributed by atoms with Crippen LogP contribution in [0.25, 0.3) is 0 Å². The van der Waals surface area contributed by atoms with E-state index in [1.165, 1.54) is 4.90 Å². The first-order chi connectivity index (χ1) is 11.3. The van der Waals surface area contributed by atoms with Gasteiger partial charge in [0.05, 0.1) is 24.5 Å². The summed E-state index contributed by atoms with van der Waals surface area (Å²) < 4.78 is 23.7. The average molecular weight is 417 g/mol. The summed E-state index contributed by atoms with van der Waals surface area (Å²) in [7, 11) is -3.04. The molecule has 1 saturated heterocycles. The highest BCUT2D eigenvalue weighted by Gasteiger charge is 2.29. The van der Waals surface area contributed by atoms with Crippen molar-refractivity contribution in [3.8, 4) is 0 Å². The van der Waals surface area contributed by atoms with Crippen LogP contribution >= 0.6 is 15.9 Å². The Morgan fingerprint density at radius 1 is 1.38 bits per heavy atom. The number of carbonyl (C=O) groups excluding carboxylic acids is 2. The molecule has 2 rings (SSSR count). The smallest absolute Gasteiger partial charge is 0.239 e. The number of amides is 2. The number of likely N-dealkylation sites (N-methyl/N-ethyl adjacent to an activating group) is 1. The van der Waals surface area contributed by atoms with Crippen molar-refractivity contribution in [1.82, 2.24) is 10.2 Å². The molecule has 1 aliphatic heterocycles. The minimum atomic E-state index is -3.04. The second-order valence-corrected chi connectivity index (χ2v) is 9.03. The Morgan fingerprint density at radius 3 is 2.71 bits per heavy atom. The average Bonchev–Trinajstić information content (AvgIpc) is 2.83. The van der Waals surface area contributed by atoms with Crippen LogP contribution in [0.1, 0.15) is 18.9 Å². The van der Waals surface area contributed by atoms with Gasteiger partial charge in [0.1, 0.15) is 0 Å². The summed E-state index contributed by atoms with van der Waals surface area (Å²) >= 11 is 3.37. The van der Waals surface area contributed by atoms with E-state index >= 15 is 0 Å². The molecule has 0 aliphatic carbocycles. The molecule has 0 bridgehead atoms. The number of carbonyl (C=O) groups is 2. The number of rotatable bonds is 6. The molecule has 0 radical (unpaired) electrons. The van der Waals surface area contributed by atoms with Gasteiger partial charge in [0.2, 0.25) is 11.8 Å². The summed E-state index contributed by atoms with van der Waals surface area (Å²) in [5.74, 6) is -0.361. The maximum Gasteiger partial charge on any atom is 0.239 e. The predicted octanol–water partition coefficient (Wildman–Crippen LogP) is 1.14. The standard InChI is InChI=1S/C16H21BrN2O4S/c1-2-19(16(21)9-12-4-3-5-13(17)8-12)10-15(20)18-14-6-7-24(22,23)11-14/h3-5,8,14H,2,6-7,9-11H2,1H3,(H,18,20). The normalized spacial score (nSPS) is 19.0. The SMILES string of the molecule is CCN(CC(=O)NC1CCS(=O)(=O)C1)C(=O)Cc1cccc(Br)c1. The molecular weight excluding hydrogens is 396 g/mol. The minimum absolute atomic E-state index is 0.0170. The zero-order valence-corrected chi connectivity index (χ0v) is 15.9. The molecule has 132 valence electrons. The van der Waals surface area contributed by atoms with E-state index in [2.05, 4.69) is 21.2 Å². The number of hydrogen-bond donors (Lipinski definition) is 1.